The van der Waals surface area contributed by atoms with Crippen LogP contribution in [0.2, 0.25) is 0 Å². The van der Waals surface area contributed by atoms with Gasteiger partial charge in [-0.25, -0.2) is 0 Å². The Balaban J connectivity index is 0.507. The molecule has 0 radical (unpaired) electrons. The van der Waals surface area contributed by atoms with Crippen molar-refractivity contribution in [2.45, 2.75) is 10.8 Å². The highest BCUT2D eigenvalue weighted by Crippen LogP contribution is 2.66. The first-order valence-corrected chi connectivity index (χ1v) is 43.5. The molecule has 2 heteroatoms. The van der Waals surface area contributed by atoms with E-state index in [1.807, 2.05) is 0 Å². The van der Waals surface area contributed by atoms with Crippen LogP contribution in [-0.2, 0) is 10.8 Å². The largest absolute Gasteiger partial charge is 0.337 e. The Morgan fingerprint density at radius 1 is 0.232 bits per heavy atom. The third-order valence-corrected chi connectivity index (χ3v) is 27.6. The van der Waals surface area contributed by atoms with Crippen molar-refractivity contribution in [3.63, 3.8) is 0 Å². The summed E-state index contributed by atoms with van der Waals surface area (Å²) in [5.41, 5.74) is 44.2. The molecule has 19 aromatic carbocycles. The number of benzene rings is 19. The Morgan fingerprint density at radius 2 is 0.568 bits per heavy atom. The fourth-order valence-corrected chi connectivity index (χ4v) is 21.7. The van der Waals surface area contributed by atoms with Crippen LogP contribution in [0.1, 0.15) is 72.3 Å². The minimum absolute atomic E-state index is 0.565. The third kappa shape index (κ3) is 11.3. The SMILES string of the molecule is C=C1/C=C\C=C/CN(c2ccc3ccccc3c2)c2ccc(-c3ccc(/C=C/c4ccc(-c5ccc6c(c5)C5(c7ccccc7-c7ccccc75)c5cc(-c7ccc8c(c7)C7(c9ccccc9-c9ccccc97)c7cc(-c9ccc(/C=C/c%10ccc(-c%11ccc%12c(c%11)c%11ccccc%11n%12-c%11ccc%12ccccc%12c%11)cc%10)cc9)ccc7-8)ccc5-6)cc4)cc3)cc21. The molecule has 0 amide bonds. The molecule has 0 unspecified atom stereocenters. The first-order valence-electron chi connectivity index (χ1n) is 43.5. The predicted octanol–water partition coefficient (Wildman–Crippen LogP) is 31.7. The average molecular weight is 1590 g/mol. The van der Waals surface area contributed by atoms with Crippen LogP contribution in [0.5, 0.6) is 0 Å². The quantitative estimate of drug-likeness (QED) is 0.117. The topological polar surface area (TPSA) is 8.17 Å². The standard InChI is InChI=1S/C123H80N2/c1-79-19-3-2-18-70-124(98-62-54-84-20-4-6-22-90(84)71-98)119-68-60-92(73-109(79)119)86-46-38-80(39-47-86)34-36-82-42-50-88(51-43-82)94-56-64-104-106-66-58-96(77-117(106)122(115(104)75-94)111-29-13-8-24-100(111)101-25-9-14-30-112(101)122)97-59-67-107-105-65-57-95(76-116(105)123(118(107)78-97)113-31-15-10-26-102(113)103-27-11-16-32-114(103)123)89-52-44-83(45-53-89)37-35-81-40-48-87(49-41-81)93-61-69-121-110(74-93)108-28-12-17-33-120(108)125(121)99-63-55-85-21-5-7-23-91(85)72-99/h2-69,71-78H,1,70H2/b18-2-,19-3-,36-34+,37-35+. The van der Waals surface area contributed by atoms with Gasteiger partial charge in [-0.05, 0) is 273 Å². The number of hydrogen-bond donors (Lipinski definition) is 0. The van der Waals surface area contributed by atoms with E-state index in [0.717, 1.165) is 62.4 Å². The van der Waals surface area contributed by atoms with E-state index >= 15 is 0 Å². The summed E-state index contributed by atoms with van der Waals surface area (Å²) < 4.78 is 2.41. The maximum atomic E-state index is 4.56. The zero-order valence-corrected chi connectivity index (χ0v) is 68.7. The number of rotatable bonds is 11. The van der Waals surface area contributed by atoms with Crippen molar-refractivity contribution in [2.75, 3.05) is 11.4 Å². The highest BCUT2D eigenvalue weighted by atomic mass is 15.1. The molecular weight excluding hydrogens is 1510 g/mol. The van der Waals surface area contributed by atoms with Crippen LogP contribution in [0.4, 0.5) is 11.4 Å². The summed E-state index contributed by atoms with van der Waals surface area (Å²) in [6.07, 6.45) is 17.5. The highest BCUT2D eigenvalue weighted by Gasteiger charge is 2.54. The van der Waals surface area contributed by atoms with Crippen LogP contribution in [0.15, 0.2) is 443 Å². The molecule has 4 aliphatic carbocycles. The second kappa shape index (κ2) is 28.6. The molecule has 1 aromatic heterocycles. The van der Waals surface area contributed by atoms with E-state index in [9.17, 15) is 0 Å². The number of para-hydroxylation sites is 1. The normalized spacial score (nSPS) is 14.4. The van der Waals surface area contributed by atoms with E-state index in [0.29, 0.717) is 0 Å². The molecule has 582 valence electrons. The van der Waals surface area contributed by atoms with Crippen LogP contribution in [0.3, 0.4) is 0 Å². The summed E-state index contributed by atoms with van der Waals surface area (Å²) in [6, 6.07) is 155. The zero-order valence-electron chi connectivity index (χ0n) is 68.7. The lowest BCUT2D eigenvalue weighted by Crippen LogP contribution is -2.26. The van der Waals surface area contributed by atoms with E-state index in [1.54, 1.807) is 0 Å². The summed E-state index contributed by atoms with van der Waals surface area (Å²) in [5.74, 6) is 0. The lowest BCUT2D eigenvalue weighted by atomic mass is 9.69. The molecule has 5 aliphatic rings. The van der Waals surface area contributed by atoms with E-state index in [1.165, 1.54) is 183 Å². The number of hydrogen-bond acceptors (Lipinski definition) is 1. The van der Waals surface area contributed by atoms with Gasteiger partial charge < -0.3 is 9.47 Å². The molecule has 0 bridgehead atoms. The Kier molecular flexibility index (Phi) is 16.4. The minimum atomic E-state index is -0.567. The number of fused-ring (bicyclic) bond motifs is 26. The van der Waals surface area contributed by atoms with Gasteiger partial charge in [-0.1, -0.05) is 389 Å². The first-order chi connectivity index (χ1) is 61.8. The van der Waals surface area contributed by atoms with Crippen LogP contribution in [0.25, 0.3) is 179 Å². The van der Waals surface area contributed by atoms with Crippen LogP contribution in [-0.4, -0.2) is 11.1 Å². The van der Waals surface area contributed by atoms with Gasteiger partial charge in [-0.3, -0.25) is 0 Å². The van der Waals surface area contributed by atoms with Gasteiger partial charge in [-0.15, -0.1) is 0 Å². The van der Waals surface area contributed by atoms with Crippen molar-refractivity contribution in [3.05, 3.63) is 516 Å². The summed E-state index contributed by atoms with van der Waals surface area (Å²) in [5, 5.41) is 7.44. The van der Waals surface area contributed by atoms with Gasteiger partial charge in [0.05, 0.1) is 21.9 Å². The zero-order chi connectivity index (χ0) is 82.4. The fraction of sp³-hybridized carbons (Fsp3) is 0.0244. The van der Waals surface area contributed by atoms with E-state index in [4.69, 9.17) is 0 Å². The molecule has 0 fully saturated rings. The maximum Gasteiger partial charge on any atom is 0.0725 e. The van der Waals surface area contributed by atoms with Crippen molar-refractivity contribution in [3.8, 4) is 106 Å². The molecular formula is C123H80N2. The third-order valence-electron chi connectivity index (χ3n) is 27.6. The molecule has 0 saturated heterocycles. The van der Waals surface area contributed by atoms with Gasteiger partial charge in [0, 0.05) is 39.9 Å². The molecule has 125 heavy (non-hydrogen) atoms. The second-order valence-electron chi connectivity index (χ2n) is 34.2. The summed E-state index contributed by atoms with van der Waals surface area (Å²) in [6.45, 7) is 5.31. The van der Waals surface area contributed by atoms with Crippen LogP contribution in [0, 0.1) is 0 Å². The molecule has 0 saturated carbocycles. The summed E-state index contributed by atoms with van der Waals surface area (Å²) >= 11 is 0. The summed E-state index contributed by atoms with van der Waals surface area (Å²) in [4.78, 5) is 2.39. The van der Waals surface area contributed by atoms with E-state index in [-0.39, 0.29) is 0 Å². The Morgan fingerprint density at radius 3 is 1.02 bits per heavy atom. The van der Waals surface area contributed by atoms with Crippen molar-refractivity contribution in [2.24, 2.45) is 0 Å². The van der Waals surface area contributed by atoms with Gasteiger partial charge >= 0.3 is 0 Å². The minimum Gasteiger partial charge on any atom is -0.337 e. The summed E-state index contributed by atoms with van der Waals surface area (Å²) in [7, 11) is 0. The lowest BCUT2D eigenvalue weighted by molar-refractivity contribution is 0.793. The molecule has 0 N–H and O–H groups in total. The number of nitrogens with zero attached hydrogens (tertiary/aromatic N) is 2. The Hall–Kier alpha value is -16.0. The number of anilines is 2. The van der Waals surface area contributed by atoms with Crippen molar-refractivity contribution < 1.29 is 0 Å². The molecule has 0 atom stereocenters. The fourth-order valence-electron chi connectivity index (χ4n) is 21.7. The molecule has 2 heterocycles. The van der Waals surface area contributed by atoms with Crippen LogP contribution < -0.4 is 4.90 Å². The monoisotopic (exact) mass is 1580 g/mol. The average Bonchev–Trinajstić information content (AvgIpc) is 1.52. The molecule has 20 aromatic rings. The Bertz CT molecular complexity index is 7960. The molecule has 2 spiro atoms. The van der Waals surface area contributed by atoms with Crippen molar-refractivity contribution in [1.82, 2.24) is 4.57 Å². The number of allylic oxidation sites excluding steroid dienone is 4. The van der Waals surface area contributed by atoms with E-state index < -0.39 is 10.8 Å². The van der Waals surface area contributed by atoms with Gasteiger partial charge in [0.1, 0.15) is 0 Å². The maximum absolute atomic E-state index is 4.56. The van der Waals surface area contributed by atoms with Gasteiger partial charge in [0.15, 0.2) is 0 Å². The van der Waals surface area contributed by atoms with Gasteiger partial charge in [0.2, 0.25) is 0 Å². The highest BCUT2D eigenvalue weighted by molar-refractivity contribution is 6.11. The first kappa shape index (κ1) is 71.9. The van der Waals surface area contributed by atoms with Crippen molar-refractivity contribution in [1.29, 1.82) is 0 Å². The van der Waals surface area contributed by atoms with Crippen LogP contribution >= 0.6 is 0 Å². The number of aromatic nitrogens is 1. The van der Waals surface area contributed by atoms with E-state index in [2.05, 4.69) is 477 Å². The lowest BCUT2D eigenvalue weighted by Gasteiger charge is -2.31. The smallest absolute Gasteiger partial charge is 0.0725 e. The van der Waals surface area contributed by atoms with Gasteiger partial charge in [0.25, 0.3) is 0 Å². The van der Waals surface area contributed by atoms with Crippen molar-refractivity contribution >= 4 is 84.6 Å². The predicted molar refractivity (Wildman–Crippen MR) is 527 cm³/mol. The molecule has 2 nitrogen and oxygen atoms in total. The Labute approximate surface area is 727 Å². The molecule has 1 aliphatic heterocycles. The second-order valence-corrected chi connectivity index (χ2v) is 34.2. The van der Waals surface area contributed by atoms with Gasteiger partial charge in [-0.2, -0.15) is 0 Å². The molecule has 25 rings (SSSR count).